The largest absolute Gasteiger partial charge is 0.481 e. The van der Waals surface area contributed by atoms with Crippen LogP contribution in [-0.4, -0.2) is 33.5 Å². The fraction of sp³-hybridized carbons (Fsp3) is 0.958. The van der Waals surface area contributed by atoms with Crippen molar-refractivity contribution in [1.29, 1.82) is 0 Å². The Kier molecular flexibility index (Phi) is 5.36. The van der Waals surface area contributed by atoms with Crippen molar-refractivity contribution in [2.24, 2.45) is 46.3 Å². The molecule has 160 valence electrons. The lowest BCUT2D eigenvalue weighted by Crippen LogP contribution is -2.58. The summed E-state index contributed by atoms with van der Waals surface area (Å²) in [4.78, 5) is 11.1. The zero-order valence-electron chi connectivity index (χ0n) is 17.9. The van der Waals surface area contributed by atoms with Gasteiger partial charge in [-0.05, 0) is 104 Å². The van der Waals surface area contributed by atoms with Gasteiger partial charge in [0.1, 0.15) is 0 Å². The van der Waals surface area contributed by atoms with Gasteiger partial charge in [0.05, 0.1) is 12.2 Å². The molecular formula is C24H40O4. The first-order chi connectivity index (χ1) is 13.2. The van der Waals surface area contributed by atoms with Crippen LogP contribution in [0.2, 0.25) is 0 Å². The highest BCUT2D eigenvalue weighted by Gasteiger charge is 2.62. The van der Waals surface area contributed by atoms with E-state index in [9.17, 15) is 15.0 Å². The number of fused-ring (bicyclic) bond motifs is 5. The molecule has 0 aromatic heterocycles. The molecule has 28 heavy (non-hydrogen) atoms. The molecule has 0 bridgehead atoms. The molecule has 4 aliphatic rings. The minimum atomic E-state index is -0.684. The molecule has 0 heterocycles. The predicted octanol–water partition coefficient (Wildman–Crippen LogP) is 4.48. The number of hydrogen-bond acceptors (Lipinski definition) is 3. The van der Waals surface area contributed by atoms with Gasteiger partial charge in [0, 0.05) is 6.42 Å². The van der Waals surface area contributed by atoms with Crippen LogP contribution in [0.1, 0.15) is 85.0 Å². The number of rotatable bonds is 4. The molecule has 10 atom stereocenters. The first-order valence-corrected chi connectivity index (χ1v) is 11.7. The molecule has 4 heteroatoms. The number of carbonyl (C=O) groups is 1. The lowest BCUT2D eigenvalue weighted by Gasteiger charge is -2.62. The molecule has 0 aliphatic heterocycles. The van der Waals surface area contributed by atoms with E-state index in [4.69, 9.17) is 5.11 Å². The Bertz CT molecular complexity index is 605. The predicted molar refractivity (Wildman–Crippen MR) is 109 cm³/mol. The number of aliphatic carboxylic acids is 1. The average molecular weight is 393 g/mol. The molecule has 3 N–H and O–H groups in total. The van der Waals surface area contributed by atoms with Crippen LogP contribution in [0.3, 0.4) is 0 Å². The first-order valence-electron chi connectivity index (χ1n) is 11.7. The van der Waals surface area contributed by atoms with Gasteiger partial charge in [-0.3, -0.25) is 4.79 Å². The van der Waals surface area contributed by atoms with Crippen LogP contribution in [0.25, 0.3) is 0 Å². The van der Waals surface area contributed by atoms with E-state index in [1.54, 1.807) is 0 Å². The summed E-state index contributed by atoms with van der Waals surface area (Å²) in [6, 6.07) is 0. The molecule has 4 fully saturated rings. The average Bonchev–Trinajstić information content (AvgIpc) is 2.98. The number of aliphatic hydroxyl groups is 2. The van der Waals surface area contributed by atoms with Crippen LogP contribution in [0.5, 0.6) is 0 Å². The molecular weight excluding hydrogens is 352 g/mol. The van der Waals surface area contributed by atoms with Gasteiger partial charge in [-0.25, -0.2) is 0 Å². The van der Waals surface area contributed by atoms with Crippen LogP contribution >= 0.6 is 0 Å². The summed E-state index contributed by atoms with van der Waals surface area (Å²) in [7, 11) is 0. The summed E-state index contributed by atoms with van der Waals surface area (Å²) >= 11 is 0. The molecule has 4 saturated carbocycles. The van der Waals surface area contributed by atoms with Gasteiger partial charge in [-0.15, -0.1) is 0 Å². The van der Waals surface area contributed by atoms with Crippen molar-refractivity contribution in [3.63, 3.8) is 0 Å². The quantitative estimate of drug-likeness (QED) is 0.659. The molecule has 4 nitrogen and oxygen atoms in total. The molecule has 0 radical (unpaired) electrons. The Morgan fingerprint density at radius 3 is 2.39 bits per heavy atom. The van der Waals surface area contributed by atoms with Gasteiger partial charge in [0.15, 0.2) is 0 Å². The maximum atomic E-state index is 11.2. The third-order valence-corrected chi connectivity index (χ3v) is 10.2. The fourth-order valence-corrected chi connectivity index (χ4v) is 8.73. The smallest absolute Gasteiger partial charge is 0.303 e. The minimum Gasteiger partial charge on any atom is -0.481 e. The number of carboxylic acids is 1. The highest BCUT2D eigenvalue weighted by Crippen LogP contribution is 2.68. The molecule has 0 aromatic carbocycles. The second-order valence-electron chi connectivity index (χ2n) is 11.4. The van der Waals surface area contributed by atoms with Crippen molar-refractivity contribution in [2.75, 3.05) is 0 Å². The molecule has 0 unspecified atom stereocenters. The number of hydrogen-bond donors (Lipinski definition) is 3. The van der Waals surface area contributed by atoms with Crippen LogP contribution in [0.15, 0.2) is 0 Å². The van der Waals surface area contributed by atoms with E-state index in [1.165, 1.54) is 25.7 Å². The van der Waals surface area contributed by atoms with E-state index in [1.807, 2.05) is 0 Å². The second-order valence-corrected chi connectivity index (χ2v) is 11.4. The monoisotopic (exact) mass is 392 g/mol. The highest BCUT2D eigenvalue weighted by atomic mass is 16.4. The van der Waals surface area contributed by atoms with Crippen molar-refractivity contribution in [3.8, 4) is 0 Å². The van der Waals surface area contributed by atoms with E-state index in [-0.39, 0.29) is 29.5 Å². The molecule has 0 spiro atoms. The molecule has 0 saturated heterocycles. The lowest BCUT2D eigenvalue weighted by atomic mass is 9.43. The summed E-state index contributed by atoms with van der Waals surface area (Å²) in [6.07, 6.45) is 9.19. The lowest BCUT2D eigenvalue weighted by molar-refractivity contribution is -0.174. The van der Waals surface area contributed by atoms with Gasteiger partial charge < -0.3 is 15.3 Å². The second kappa shape index (κ2) is 7.27. The maximum Gasteiger partial charge on any atom is 0.303 e. The van der Waals surface area contributed by atoms with Crippen LogP contribution in [0, 0.1) is 46.3 Å². The van der Waals surface area contributed by atoms with Crippen molar-refractivity contribution >= 4 is 5.97 Å². The Morgan fingerprint density at radius 1 is 1.00 bits per heavy atom. The van der Waals surface area contributed by atoms with Crippen molar-refractivity contribution in [2.45, 2.75) is 97.2 Å². The zero-order chi connectivity index (χ0) is 20.3. The first kappa shape index (κ1) is 20.7. The van der Waals surface area contributed by atoms with Crippen LogP contribution in [-0.2, 0) is 4.79 Å². The van der Waals surface area contributed by atoms with E-state index in [0.717, 1.165) is 32.1 Å². The summed E-state index contributed by atoms with van der Waals surface area (Å²) in [5, 5.41) is 30.5. The summed E-state index contributed by atoms with van der Waals surface area (Å²) in [6.45, 7) is 7.16. The summed E-state index contributed by atoms with van der Waals surface area (Å²) in [5.74, 6) is 2.36. The molecule has 4 aliphatic carbocycles. The van der Waals surface area contributed by atoms with Crippen molar-refractivity contribution < 1.29 is 20.1 Å². The topological polar surface area (TPSA) is 77.8 Å². The standard InChI is InChI=1S/C24H40O4/c1-14(4-7-21(27)28)17-5-6-18-22-19(9-11-24(17,18)3)23(2)10-8-16(25)12-15(23)13-20(22)26/h14-20,22,25-26H,4-13H2,1-3H3,(H,27,28)/t14-,15-,16+,17+,18+,19+,20+,22+,23-,24+/m0/s1. The minimum absolute atomic E-state index is 0.179. The Hall–Kier alpha value is -0.610. The van der Waals surface area contributed by atoms with Crippen molar-refractivity contribution in [3.05, 3.63) is 0 Å². The SMILES string of the molecule is C[C@@H](CCC(=O)O)[C@H]1CC[C@@H]2[C@H]3[C@H](O)C[C@@H]4C[C@H](O)CC[C@]4(C)[C@@H]3CC[C@@]21C. The molecule has 0 amide bonds. The Labute approximate surface area is 170 Å². The van der Waals surface area contributed by atoms with Gasteiger partial charge in [-0.1, -0.05) is 20.8 Å². The van der Waals surface area contributed by atoms with Gasteiger partial charge in [0.25, 0.3) is 0 Å². The zero-order valence-corrected chi connectivity index (χ0v) is 17.9. The van der Waals surface area contributed by atoms with Gasteiger partial charge in [0.2, 0.25) is 0 Å². The number of carboxylic acid groups (broad SMARTS) is 1. The maximum absolute atomic E-state index is 11.2. The van der Waals surface area contributed by atoms with E-state index in [0.29, 0.717) is 35.5 Å². The molecule has 4 rings (SSSR count). The Morgan fingerprint density at radius 2 is 1.68 bits per heavy atom. The third-order valence-electron chi connectivity index (χ3n) is 10.2. The Balaban J connectivity index is 1.55. The van der Waals surface area contributed by atoms with Gasteiger partial charge in [-0.2, -0.15) is 0 Å². The van der Waals surface area contributed by atoms with E-state index < -0.39 is 5.97 Å². The van der Waals surface area contributed by atoms with Crippen molar-refractivity contribution in [1.82, 2.24) is 0 Å². The highest BCUT2D eigenvalue weighted by molar-refractivity contribution is 5.66. The fourth-order valence-electron chi connectivity index (χ4n) is 8.73. The van der Waals surface area contributed by atoms with Gasteiger partial charge >= 0.3 is 5.97 Å². The van der Waals surface area contributed by atoms with E-state index >= 15 is 0 Å². The van der Waals surface area contributed by atoms with Crippen LogP contribution < -0.4 is 0 Å². The van der Waals surface area contributed by atoms with Crippen LogP contribution in [0.4, 0.5) is 0 Å². The summed E-state index contributed by atoms with van der Waals surface area (Å²) < 4.78 is 0. The number of aliphatic hydroxyl groups excluding tert-OH is 2. The van der Waals surface area contributed by atoms with E-state index in [2.05, 4.69) is 20.8 Å². The molecule has 0 aromatic rings. The third kappa shape index (κ3) is 3.14. The summed E-state index contributed by atoms with van der Waals surface area (Å²) in [5.41, 5.74) is 0.523. The normalized spacial score (nSPS) is 51.7.